The molecule has 0 spiro atoms. The largest absolute Gasteiger partial charge is 0.103 e. The first-order valence-corrected chi connectivity index (χ1v) is 15.0. The molecule has 0 aromatic heterocycles. The summed E-state index contributed by atoms with van der Waals surface area (Å²) in [4.78, 5) is 0. The SMILES string of the molecule is C=CC.CC.C[C@H]1CC[C@@]2(C)C(CC[C@]3(C)C2CC[C@@]2(C)C3CC[C@@]3(C)CCC[C@@H]32)C1(C)C. The summed E-state index contributed by atoms with van der Waals surface area (Å²) in [6, 6.07) is 0. The third-order valence-corrected chi connectivity index (χ3v) is 13.1. The van der Waals surface area contributed by atoms with Crippen molar-refractivity contribution < 1.29 is 0 Å². The van der Waals surface area contributed by atoms with E-state index >= 15 is 0 Å². The van der Waals surface area contributed by atoms with E-state index in [9.17, 15) is 0 Å². The molecule has 0 saturated heterocycles. The summed E-state index contributed by atoms with van der Waals surface area (Å²) in [5.74, 6) is 4.85. The van der Waals surface area contributed by atoms with Gasteiger partial charge in [0.2, 0.25) is 0 Å². The molecular formula is C33H60. The highest BCUT2D eigenvalue weighted by Gasteiger charge is 2.68. The van der Waals surface area contributed by atoms with Gasteiger partial charge in [0.25, 0.3) is 0 Å². The number of hydrogen-bond acceptors (Lipinski definition) is 0. The van der Waals surface area contributed by atoms with Gasteiger partial charge in [0.05, 0.1) is 0 Å². The van der Waals surface area contributed by atoms with Crippen LogP contribution in [0.5, 0.6) is 0 Å². The van der Waals surface area contributed by atoms with Gasteiger partial charge in [-0.15, -0.1) is 6.58 Å². The second-order valence-corrected chi connectivity index (χ2v) is 14.6. The van der Waals surface area contributed by atoms with Crippen LogP contribution in [0.3, 0.4) is 0 Å². The van der Waals surface area contributed by atoms with Crippen LogP contribution >= 0.6 is 0 Å². The van der Waals surface area contributed by atoms with Crippen molar-refractivity contribution in [2.45, 2.75) is 140 Å². The molecule has 192 valence electrons. The smallest absolute Gasteiger partial charge is 0.0259 e. The third-order valence-electron chi connectivity index (χ3n) is 13.1. The molecule has 0 radical (unpaired) electrons. The lowest BCUT2D eigenvalue weighted by molar-refractivity contribution is -0.227. The summed E-state index contributed by atoms with van der Waals surface area (Å²) in [6.45, 7) is 28.0. The van der Waals surface area contributed by atoms with Crippen molar-refractivity contribution in [3.8, 4) is 0 Å². The maximum atomic E-state index is 3.36. The highest BCUT2D eigenvalue weighted by molar-refractivity contribution is 5.17. The normalized spacial score (nSPS) is 51.8. The van der Waals surface area contributed by atoms with E-state index in [1.54, 1.807) is 6.08 Å². The third kappa shape index (κ3) is 3.91. The maximum Gasteiger partial charge on any atom is -0.0259 e. The zero-order chi connectivity index (χ0) is 24.9. The monoisotopic (exact) mass is 456 g/mol. The number of fused-ring (bicyclic) bond motifs is 7. The van der Waals surface area contributed by atoms with Gasteiger partial charge >= 0.3 is 0 Å². The van der Waals surface area contributed by atoms with Crippen molar-refractivity contribution in [1.82, 2.24) is 0 Å². The summed E-state index contributed by atoms with van der Waals surface area (Å²) in [6.07, 6.45) is 18.5. The first kappa shape index (κ1) is 27.3. The minimum Gasteiger partial charge on any atom is -0.103 e. The fourth-order valence-corrected chi connectivity index (χ4v) is 11.4. The first-order valence-electron chi connectivity index (χ1n) is 15.0. The van der Waals surface area contributed by atoms with Crippen LogP contribution in [-0.4, -0.2) is 0 Å². The average molecular weight is 457 g/mol. The fourth-order valence-electron chi connectivity index (χ4n) is 11.4. The molecule has 5 rings (SSSR count). The van der Waals surface area contributed by atoms with Crippen molar-refractivity contribution >= 4 is 0 Å². The Morgan fingerprint density at radius 1 is 0.606 bits per heavy atom. The van der Waals surface area contributed by atoms with Crippen molar-refractivity contribution in [2.75, 3.05) is 0 Å². The van der Waals surface area contributed by atoms with Crippen molar-refractivity contribution in [2.24, 2.45) is 56.7 Å². The Labute approximate surface area is 209 Å². The summed E-state index contributed by atoms with van der Waals surface area (Å²) < 4.78 is 0. The Bertz CT molecular complexity index is 688. The van der Waals surface area contributed by atoms with Gasteiger partial charge in [0.1, 0.15) is 0 Å². The molecule has 0 aromatic carbocycles. The van der Waals surface area contributed by atoms with E-state index in [4.69, 9.17) is 0 Å². The highest BCUT2D eigenvalue weighted by Crippen LogP contribution is 2.76. The Morgan fingerprint density at radius 3 is 1.61 bits per heavy atom. The van der Waals surface area contributed by atoms with Crippen molar-refractivity contribution in [3.05, 3.63) is 12.7 Å². The average Bonchev–Trinajstić information content (AvgIpc) is 3.16. The quantitative estimate of drug-likeness (QED) is 0.318. The lowest BCUT2D eigenvalue weighted by atomic mass is 9.33. The zero-order valence-corrected chi connectivity index (χ0v) is 24.4. The van der Waals surface area contributed by atoms with Crippen LogP contribution in [0.25, 0.3) is 0 Å². The molecule has 0 bridgehead atoms. The highest BCUT2D eigenvalue weighted by atomic mass is 14.7. The predicted molar refractivity (Wildman–Crippen MR) is 147 cm³/mol. The Hall–Kier alpha value is -0.260. The lowest BCUT2D eigenvalue weighted by Gasteiger charge is -2.71. The zero-order valence-electron chi connectivity index (χ0n) is 24.4. The summed E-state index contributed by atoms with van der Waals surface area (Å²) in [5, 5.41) is 0. The summed E-state index contributed by atoms with van der Waals surface area (Å²) >= 11 is 0. The molecule has 0 amide bonds. The molecule has 3 unspecified atom stereocenters. The van der Waals surface area contributed by atoms with E-state index in [2.05, 4.69) is 55.0 Å². The van der Waals surface area contributed by atoms with E-state index < -0.39 is 0 Å². The summed E-state index contributed by atoms with van der Waals surface area (Å²) in [5.41, 5.74) is 3.05. The summed E-state index contributed by atoms with van der Waals surface area (Å²) in [7, 11) is 0. The molecule has 33 heavy (non-hydrogen) atoms. The van der Waals surface area contributed by atoms with Gasteiger partial charge in [-0.3, -0.25) is 0 Å². The van der Waals surface area contributed by atoms with E-state index in [0.29, 0.717) is 27.1 Å². The second kappa shape index (κ2) is 9.32. The molecule has 0 nitrogen and oxygen atoms in total. The standard InChI is InChI=1S/C28H48.C3H6.C2H6/c1-19-10-16-26(5)20(24(19,2)3)12-17-28(7)22-11-15-25(4)14-8-9-21(25)27(22,6)18-13-23(26)28;1-3-2;1-2/h19-23H,8-18H2,1-7H3;3H,1H2,2H3;1-2H3/t19-,20?,21-,22?,23?,25+,26-,27+,28-;;/m0../s1. The molecule has 0 aliphatic heterocycles. The van der Waals surface area contributed by atoms with E-state index in [-0.39, 0.29) is 0 Å². The molecule has 5 aliphatic carbocycles. The van der Waals surface area contributed by atoms with Crippen LogP contribution in [0.2, 0.25) is 0 Å². The van der Waals surface area contributed by atoms with Crippen LogP contribution in [0.15, 0.2) is 12.7 Å². The first-order chi connectivity index (χ1) is 15.4. The molecule has 0 heteroatoms. The number of allylic oxidation sites excluding steroid dienone is 1. The predicted octanol–water partition coefficient (Wildman–Crippen LogP) is 10.7. The topological polar surface area (TPSA) is 0 Å². The second-order valence-electron chi connectivity index (χ2n) is 14.6. The van der Waals surface area contributed by atoms with Gasteiger partial charge in [0.15, 0.2) is 0 Å². The Kier molecular flexibility index (Phi) is 7.72. The van der Waals surface area contributed by atoms with E-state index in [1.165, 1.54) is 70.6 Å². The fraction of sp³-hybridized carbons (Fsp3) is 0.939. The molecule has 0 aromatic rings. The van der Waals surface area contributed by atoms with E-state index in [0.717, 1.165) is 29.6 Å². The van der Waals surface area contributed by atoms with Gasteiger partial charge in [-0.05, 0) is 128 Å². The van der Waals surface area contributed by atoms with Crippen LogP contribution in [-0.2, 0) is 0 Å². The molecule has 9 atom stereocenters. The van der Waals surface area contributed by atoms with Crippen LogP contribution < -0.4 is 0 Å². The van der Waals surface area contributed by atoms with Crippen LogP contribution in [0, 0.1) is 56.7 Å². The van der Waals surface area contributed by atoms with Gasteiger partial charge in [-0.25, -0.2) is 0 Å². The molecule has 5 saturated carbocycles. The number of rotatable bonds is 0. The minimum atomic E-state index is 0.533. The Balaban J connectivity index is 0.000000569. The Morgan fingerprint density at radius 2 is 1.03 bits per heavy atom. The van der Waals surface area contributed by atoms with Gasteiger partial charge in [-0.2, -0.15) is 0 Å². The van der Waals surface area contributed by atoms with Crippen molar-refractivity contribution in [3.63, 3.8) is 0 Å². The van der Waals surface area contributed by atoms with E-state index in [1.807, 2.05) is 20.8 Å². The van der Waals surface area contributed by atoms with Crippen molar-refractivity contribution in [1.29, 1.82) is 0 Å². The lowest BCUT2D eigenvalue weighted by Crippen LogP contribution is -2.64. The molecule has 0 N–H and O–H groups in total. The van der Waals surface area contributed by atoms with Crippen LogP contribution in [0.4, 0.5) is 0 Å². The minimum absolute atomic E-state index is 0.533. The molecule has 5 aliphatic rings. The number of hydrogen-bond donors (Lipinski definition) is 0. The van der Waals surface area contributed by atoms with Crippen LogP contribution in [0.1, 0.15) is 140 Å². The molecule has 5 fully saturated rings. The maximum absolute atomic E-state index is 3.36. The van der Waals surface area contributed by atoms with Gasteiger partial charge in [0, 0.05) is 0 Å². The molecular weight excluding hydrogens is 396 g/mol. The van der Waals surface area contributed by atoms with Gasteiger partial charge < -0.3 is 0 Å². The van der Waals surface area contributed by atoms with Gasteiger partial charge in [-0.1, -0.05) is 74.8 Å². The molecule has 0 heterocycles.